The highest BCUT2D eigenvalue weighted by atomic mass is 14.9. The van der Waals surface area contributed by atoms with Crippen molar-refractivity contribution < 1.29 is 4.57 Å². The Hall–Kier alpha value is -2.07. The van der Waals surface area contributed by atoms with Gasteiger partial charge in [-0.25, -0.2) is 4.57 Å². The third kappa shape index (κ3) is 5.37. The number of hydrogen-bond acceptors (Lipinski definition) is 0. The molecule has 1 aromatic carbocycles. The van der Waals surface area contributed by atoms with Gasteiger partial charge in [-0.1, -0.05) is 44.2 Å². The Bertz CT molecular complexity index is 629. The maximum atomic E-state index is 3.28. The van der Waals surface area contributed by atoms with Crippen LogP contribution in [0.3, 0.4) is 0 Å². The zero-order valence-electron chi connectivity index (χ0n) is 13.8. The third-order valence-corrected chi connectivity index (χ3v) is 3.83. The Morgan fingerprint density at radius 3 is 2.55 bits per heavy atom. The highest BCUT2D eigenvalue weighted by Crippen LogP contribution is 2.07. The Labute approximate surface area is 135 Å². The highest BCUT2D eigenvalue weighted by Gasteiger charge is 1.99. The molecular formula is C21H26N+. The first-order chi connectivity index (χ1) is 10.8. The fraction of sp³-hybridized carbons (Fsp3) is 0.381. The van der Waals surface area contributed by atoms with Crippen LogP contribution in [0.5, 0.6) is 0 Å². The molecule has 0 radical (unpaired) electrons. The lowest BCUT2D eigenvalue weighted by molar-refractivity contribution is -0.696. The van der Waals surface area contributed by atoms with E-state index in [2.05, 4.69) is 79.0 Å². The Morgan fingerprint density at radius 2 is 1.82 bits per heavy atom. The van der Waals surface area contributed by atoms with E-state index < -0.39 is 0 Å². The van der Waals surface area contributed by atoms with Gasteiger partial charge in [0.25, 0.3) is 0 Å². The smallest absolute Gasteiger partial charge is 0.172 e. The number of unbranched alkanes of at least 4 members (excludes halogenated alkanes) is 1. The molecule has 0 aliphatic heterocycles. The maximum Gasteiger partial charge on any atom is 0.172 e. The van der Waals surface area contributed by atoms with Gasteiger partial charge in [0.05, 0.1) is 6.42 Å². The predicted octanol–water partition coefficient (Wildman–Crippen LogP) is 4.32. The van der Waals surface area contributed by atoms with E-state index in [0.29, 0.717) is 0 Å². The van der Waals surface area contributed by atoms with Crippen molar-refractivity contribution >= 4 is 0 Å². The molecule has 0 aliphatic carbocycles. The summed E-state index contributed by atoms with van der Waals surface area (Å²) >= 11 is 0. The molecule has 0 bridgehead atoms. The van der Waals surface area contributed by atoms with Gasteiger partial charge in [-0.3, -0.25) is 0 Å². The molecule has 22 heavy (non-hydrogen) atoms. The van der Waals surface area contributed by atoms with Gasteiger partial charge in [0.1, 0.15) is 0 Å². The Kier molecular flexibility index (Phi) is 6.71. The van der Waals surface area contributed by atoms with Crippen molar-refractivity contribution in [3.8, 4) is 11.8 Å². The molecule has 0 aliphatic rings. The van der Waals surface area contributed by atoms with Crippen LogP contribution in [-0.2, 0) is 19.4 Å². The topological polar surface area (TPSA) is 3.88 Å². The SMILES string of the molecule is CCCCc1ccc(C#CCC[n+]2cccc(CC)c2)cc1. The minimum atomic E-state index is 0.884. The maximum absolute atomic E-state index is 3.28. The molecule has 0 spiro atoms. The Morgan fingerprint density at radius 1 is 1.00 bits per heavy atom. The fourth-order valence-corrected chi connectivity index (χ4v) is 2.41. The molecule has 1 heteroatoms. The molecular weight excluding hydrogens is 266 g/mol. The number of benzene rings is 1. The van der Waals surface area contributed by atoms with E-state index in [1.54, 1.807) is 0 Å². The first kappa shape index (κ1) is 16.3. The van der Waals surface area contributed by atoms with Crippen molar-refractivity contribution in [2.75, 3.05) is 0 Å². The molecule has 2 rings (SSSR count). The normalized spacial score (nSPS) is 10.1. The first-order valence-electron chi connectivity index (χ1n) is 8.37. The number of aryl methyl sites for hydroxylation is 3. The summed E-state index contributed by atoms with van der Waals surface area (Å²) in [5.74, 6) is 6.54. The monoisotopic (exact) mass is 292 g/mol. The van der Waals surface area contributed by atoms with Crippen molar-refractivity contribution in [2.24, 2.45) is 0 Å². The van der Waals surface area contributed by atoms with Gasteiger partial charge in [0.2, 0.25) is 0 Å². The second-order valence-corrected chi connectivity index (χ2v) is 5.66. The van der Waals surface area contributed by atoms with Crippen molar-refractivity contribution in [3.05, 3.63) is 65.5 Å². The average molecular weight is 292 g/mol. The van der Waals surface area contributed by atoms with Crippen molar-refractivity contribution in [3.63, 3.8) is 0 Å². The van der Waals surface area contributed by atoms with Crippen molar-refractivity contribution in [2.45, 2.75) is 52.5 Å². The lowest BCUT2D eigenvalue weighted by Crippen LogP contribution is -2.32. The zero-order valence-corrected chi connectivity index (χ0v) is 13.8. The second-order valence-electron chi connectivity index (χ2n) is 5.66. The molecule has 0 unspecified atom stereocenters. The van der Waals surface area contributed by atoms with Crippen LogP contribution in [0.25, 0.3) is 0 Å². The Balaban J connectivity index is 1.85. The first-order valence-corrected chi connectivity index (χ1v) is 8.37. The van der Waals surface area contributed by atoms with Gasteiger partial charge in [-0.05, 0) is 43.0 Å². The average Bonchev–Trinajstić information content (AvgIpc) is 2.58. The van der Waals surface area contributed by atoms with E-state index in [9.17, 15) is 0 Å². The summed E-state index contributed by atoms with van der Waals surface area (Å²) in [6.07, 6.45) is 9.98. The molecule has 114 valence electrons. The van der Waals surface area contributed by atoms with Crippen LogP contribution >= 0.6 is 0 Å². The van der Waals surface area contributed by atoms with E-state index in [1.807, 2.05) is 0 Å². The van der Waals surface area contributed by atoms with E-state index >= 15 is 0 Å². The molecule has 1 heterocycles. The lowest BCUT2D eigenvalue weighted by Gasteiger charge is -1.99. The third-order valence-electron chi connectivity index (χ3n) is 3.83. The predicted molar refractivity (Wildman–Crippen MR) is 92.6 cm³/mol. The van der Waals surface area contributed by atoms with E-state index in [1.165, 1.54) is 30.4 Å². The van der Waals surface area contributed by atoms with E-state index in [-0.39, 0.29) is 0 Å². The van der Waals surface area contributed by atoms with Gasteiger partial charge < -0.3 is 0 Å². The molecule has 0 amide bonds. The van der Waals surface area contributed by atoms with Gasteiger partial charge >= 0.3 is 0 Å². The molecule has 0 saturated heterocycles. The lowest BCUT2D eigenvalue weighted by atomic mass is 10.1. The molecule has 0 fully saturated rings. The van der Waals surface area contributed by atoms with Crippen LogP contribution in [0.2, 0.25) is 0 Å². The summed E-state index contributed by atoms with van der Waals surface area (Å²) in [5, 5.41) is 0. The number of nitrogens with zero attached hydrogens (tertiary/aromatic N) is 1. The van der Waals surface area contributed by atoms with Crippen molar-refractivity contribution in [1.29, 1.82) is 0 Å². The summed E-state index contributed by atoms with van der Waals surface area (Å²) in [4.78, 5) is 0. The van der Waals surface area contributed by atoms with Crippen LogP contribution in [0.15, 0.2) is 48.8 Å². The highest BCUT2D eigenvalue weighted by molar-refractivity contribution is 5.36. The molecule has 1 nitrogen and oxygen atoms in total. The van der Waals surface area contributed by atoms with E-state index in [0.717, 1.165) is 24.9 Å². The number of aromatic nitrogens is 1. The number of rotatable bonds is 6. The minimum absolute atomic E-state index is 0.884. The van der Waals surface area contributed by atoms with Crippen LogP contribution < -0.4 is 4.57 Å². The molecule has 0 atom stereocenters. The number of pyridine rings is 1. The largest absolute Gasteiger partial charge is 0.204 e. The van der Waals surface area contributed by atoms with Crippen LogP contribution in [-0.4, -0.2) is 0 Å². The second kappa shape index (κ2) is 9.05. The molecule has 0 N–H and O–H groups in total. The summed E-state index contributed by atoms with van der Waals surface area (Å²) < 4.78 is 2.22. The van der Waals surface area contributed by atoms with Crippen LogP contribution in [0, 0.1) is 11.8 Å². The van der Waals surface area contributed by atoms with Crippen LogP contribution in [0.1, 0.15) is 49.8 Å². The van der Waals surface area contributed by atoms with Gasteiger partial charge in [-0.15, -0.1) is 0 Å². The summed E-state index contributed by atoms with van der Waals surface area (Å²) in [6, 6.07) is 13.0. The summed E-state index contributed by atoms with van der Waals surface area (Å²) in [7, 11) is 0. The van der Waals surface area contributed by atoms with Gasteiger partial charge in [-0.2, -0.15) is 0 Å². The van der Waals surface area contributed by atoms with Crippen molar-refractivity contribution in [1.82, 2.24) is 0 Å². The van der Waals surface area contributed by atoms with Crippen LogP contribution in [0.4, 0.5) is 0 Å². The quantitative estimate of drug-likeness (QED) is 0.551. The number of hydrogen-bond donors (Lipinski definition) is 0. The summed E-state index contributed by atoms with van der Waals surface area (Å²) in [5.41, 5.74) is 3.91. The summed E-state index contributed by atoms with van der Waals surface area (Å²) in [6.45, 7) is 5.37. The molecule has 2 aromatic rings. The van der Waals surface area contributed by atoms with E-state index in [4.69, 9.17) is 0 Å². The van der Waals surface area contributed by atoms with Gasteiger partial charge in [0.15, 0.2) is 18.9 Å². The van der Waals surface area contributed by atoms with Gasteiger partial charge in [0, 0.05) is 17.2 Å². The fourth-order valence-electron chi connectivity index (χ4n) is 2.41. The minimum Gasteiger partial charge on any atom is -0.204 e. The molecule has 0 saturated carbocycles. The standard InChI is InChI=1S/C21H26N/c1-3-5-9-20-12-14-21(15-13-20)10-6-7-16-22-17-8-11-19(4-2)18-22/h8,11-15,17-18H,3-5,7,9,16H2,1-2H3/q+1. The molecule has 1 aromatic heterocycles. The zero-order chi connectivity index (χ0) is 15.6.